The third kappa shape index (κ3) is 7.35. The molecule has 0 bridgehead atoms. The van der Waals surface area contributed by atoms with E-state index in [4.69, 9.17) is 32.7 Å². The predicted octanol–water partition coefficient (Wildman–Crippen LogP) is 6.89. The fourth-order valence-electron chi connectivity index (χ4n) is 3.24. The van der Waals surface area contributed by atoms with Crippen molar-refractivity contribution in [2.24, 2.45) is 5.10 Å². The van der Waals surface area contributed by atoms with Gasteiger partial charge in [-0.1, -0.05) is 53.0 Å². The quantitative estimate of drug-likeness (QED) is 0.163. The standard InChI is InChI=1S/C26H25Cl2IN2O3/c1-4-33-24-11-18(14-30-31-25(32)12-20-9-16(2)5-6-17(20)3)10-23(29)26(24)34-15-19-7-8-21(27)13-22(19)28/h5-11,13-14H,4,12,15H2,1-3H3,(H,31,32)/b30-14+. The average molecular weight is 611 g/mol. The van der Waals surface area contributed by atoms with E-state index in [1.54, 1.807) is 18.3 Å². The van der Waals surface area contributed by atoms with E-state index in [1.165, 1.54) is 0 Å². The molecule has 5 nitrogen and oxygen atoms in total. The minimum atomic E-state index is -0.176. The molecule has 0 radical (unpaired) electrons. The van der Waals surface area contributed by atoms with Crippen LogP contribution in [0.5, 0.6) is 11.5 Å². The van der Waals surface area contributed by atoms with E-state index >= 15 is 0 Å². The summed E-state index contributed by atoms with van der Waals surface area (Å²) in [4.78, 5) is 12.3. The monoisotopic (exact) mass is 610 g/mol. The minimum absolute atomic E-state index is 0.176. The zero-order valence-corrected chi connectivity index (χ0v) is 22.8. The van der Waals surface area contributed by atoms with Gasteiger partial charge in [0.05, 0.1) is 22.8 Å². The van der Waals surface area contributed by atoms with Crippen molar-refractivity contribution in [3.8, 4) is 11.5 Å². The summed E-state index contributed by atoms with van der Waals surface area (Å²) in [5.74, 6) is 1.02. The summed E-state index contributed by atoms with van der Waals surface area (Å²) < 4.78 is 12.7. The van der Waals surface area contributed by atoms with E-state index in [1.807, 2.05) is 57.2 Å². The van der Waals surface area contributed by atoms with Crippen LogP contribution < -0.4 is 14.9 Å². The Bertz CT molecular complexity index is 1210. The molecule has 1 N–H and O–H groups in total. The summed E-state index contributed by atoms with van der Waals surface area (Å²) in [5, 5.41) is 5.24. The van der Waals surface area contributed by atoms with Crippen LogP contribution in [0, 0.1) is 17.4 Å². The Balaban J connectivity index is 1.69. The summed E-state index contributed by atoms with van der Waals surface area (Å²) in [6.07, 6.45) is 1.86. The van der Waals surface area contributed by atoms with Crippen molar-refractivity contribution in [3.63, 3.8) is 0 Å². The lowest BCUT2D eigenvalue weighted by molar-refractivity contribution is -0.120. The van der Waals surface area contributed by atoms with Crippen molar-refractivity contribution in [1.82, 2.24) is 5.43 Å². The highest BCUT2D eigenvalue weighted by Crippen LogP contribution is 2.35. The largest absolute Gasteiger partial charge is 0.490 e. The summed E-state index contributed by atoms with van der Waals surface area (Å²) >= 11 is 14.4. The Morgan fingerprint density at radius 2 is 1.85 bits per heavy atom. The van der Waals surface area contributed by atoms with Crippen molar-refractivity contribution in [2.75, 3.05) is 6.61 Å². The molecule has 178 valence electrons. The van der Waals surface area contributed by atoms with E-state index in [9.17, 15) is 4.79 Å². The van der Waals surface area contributed by atoms with Gasteiger partial charge in [0.2, 0.25) is 5.91 Å². The number of aryl methyl sites for hydroxylation is 2. The van der Waals surface area contributed by atoms with Gasteiger partial charge in [-0.3, -0.25) is 4.79 Å². The van der Waals surface area contributed by atoms with Crippen LogP contribution in [-0.4, -0.2) is 18.7 Å². The van der Waals surface area contributed by atoms with Crippen molar-refractivity contribution in [3.05, 3.63) is 90.0 Å². The van der Waals surface area contributed by atoms with Gasteiger partial charge >= 0.3 is 0 Å². The van der Waals surface area contributed by atoms with Gasteiger partial charge in [-0.05, 0) is 84.3 Å². The first kappa shape index (κ1) is 26.3. The summed E-state index contributed by atoms with van der Waals surface area (Å²) in [7, 11) is 0. The van der Waals surface area contributed by atoms with Crippen molar-refractivity contribution in [2.45, 2.75) is 33.8 Å². The van der Waals surface area contributed by atoms with E-state index in [2.05, 4.69) is 33.1 Å². The average Bonchev–Trinajstić information content (AvgIpc) is 2.77. The van der Waals surface area contributed by atoms with E-state index in [0.29, 0.717) is 28.2 Å². The topological polar surface area (TPSA) is 59.9 Å². The number of halogens is 3. The first-order valence-electron chi connectivity index (χ1n) is 10.7. The Morgan fingerprint density at radius 3 is 2.59 bits per heavy atom. The molecule has 0 heterocycles. The van der Waals surface area contributed by atoms with Gasteiger partial charge in [0.1, 0.15) is 6.61 Å². The van der Waals surface area contributed by atoms with Gasteiger partial charge in [-0.25, -0.2) is 5.43 Å². The molecule has 0 unspecified atom stereocenters. The number of benzene rings is 3. The van der Waals surface area contributed by atoms with Crippen LogP contribution in [0.3, 0.4) is 0 Å². The van der Waals surface area contributed by atoms with E-state index in [-0.39, 0.29) is 18.9 Å². The van der Waals surface area contributed by atoms with Gasteiger partial charge in [-0.2, -0.15) is 5.10 Å². The van der Waals surface area contributed by atoms with Crippen molar-refractivity contribution in [1.29, 1.82) is 0 Å². The van der Waals surface area contributed by atoms with Gasteiger partial charge in [0, 0.05) is 15.6 Å². The molecule has 0 atom stereocenters. The number of hydrogen-bond donors (Lipinski definition) is 1. The van der Waals surface area contributed by atoms with E-state index in [0.717, 1.165) is 31.4 Å². The second kappa shape index (κ2) is 12.4. The molecule has 0 fully saturated rings. The number of nitrogens with zero attached hydrogens (tertiary/aromatic N) is 1. The molecule has 8 heteroatoms. The molecule has 3 aromatic rings. The minimum Gasteiger partial charge on any atom is -0.490 e. The molecule has 34 heavy (non-hydrogen) atoms. The summed E-state index contributed by atoms with van der Waals surface area (Å²) in [6.45, 7) is 6.65. The molecule has 0 spiro atoms. The first-order chi connectivity index (χ1) is 16.3. The lowest BCUT2D eigenvalue weighted by Crippen LogP contribution is -2.20. The molecular weight excluding hydrogens is 586 g/mol. The number of nitrogens with one attached hydrogen (secondary N) is 1. The maximum Gasteiger partial charge on any atom is 0.244 e. The van der Waals surface area contributed by atoms with Crippen LogP contribution in [0.25, 0.3) is 0 Å². The molecule has 0 aliphatic heterocycles. The number of carbonyl (C=O) groups excluding carboxylic acids is 1. The third-order valence-corrected chi connectivity index (χ3v) is 6.37. The molecule has 0 saturated carbocycles. The molecule has 1 amide bonds. The highest BCUT2D eigenvalue weighted by Gasteiger charge is 2.13. The number of ether oxygens (including phenoxy) is 2. The van der Waals surface area contributed by atoms with Crippen LogP contribution in [-0.2, 0) is 17.8 Å². The van der Waals surface area contributed by atoms with Gasteiger partial charge in [0.15, 0.2) is 11.5 Å². The second-order valence-electron chi connectivity index (χ2n) is 7.69. The zero-order chi connectivity index (χ0) is 24.7. The molecule has 0 saturated heterocycles. The third-order valence-electron chi connectivity index (χ3n) is 4.98. The summed E-state index contributed by atoms with van der Waals surface area (Å²) in [6, 6.07) is 15.1. The second-order valence-corrected chi connectivity index (χ2v) is 9.69. The molecule has 3 aromatic carbocycles. The van der Waals surface area contributed by atoms with Crippen LogP contribution >= 0.6 is 45.8 Å². The molecular formula is C26H25Cl2IN2O3. The molecule has 0 aromatic heterocycles. The Hall–Kier alpha value is -2.29. The molecule has 0 aliphatic rings. The lowest BCUT2D eigenvalue weighted by atomic mass is 10.0. The maximum absolute atomic E-state index is 12.3. The number of hydrogen-bond acceptors (Lipinski definition) is 4. The van der Waals surface area contributed by atoms with Crippen molar-refractivity contribution < 1.29 is 14.3 Å². The highest BCUT2D eigenvalue weighted by molar-refractivity contribution is 14.1. The van der Waals surface area contributed by atoms with Crippen LogP contribution in [0.4, 0.5) is 0 Å². The van der Waals surface area contributed by atoms with Gasteiger partial charge < -0.3 is 9.47 Å². The Morgan fingerprint density at radius 1 is 1.06 bits per heavy atom. The fraction of sp³-hybridized carbons (Fsp3) is 0.231. The molecule has 3 rings (SSSR count). The predicted molar refractivity (Wildman–Crippen MR) is 146 cm³/mol. The van der Waals surface area contributed by atoms with Crippen LogP contribution in [0.2, 0.25) is 10.0 Å². The molecule has 0 aliphatic carbocycles. The SMILES string of the molecule is CCOc1cc(/C=N/NC(=O)Cc2cc(C)ccc2C)cc(I)c1OCc1ccc(Cl)cc1Cl. The van der Waals surface area contributed by atoms with Crippen LogP contribution in [0.1, 0.15) is 34.7 Å². The lowest BCUT2D eigenvalue weighted by Gasteiger charge is -2.15. The normalized spacial score (nSPS) is 11.0. The number of carbonyl (C=O) groups is 1. The van der Waals surface area contributed by atoms with Crippen LogP contribution in [0.15, 0.2) is 53.6 Å². The van der Waals surface area contributed by atoms with E-state index < -0.39 is 0 Å². The first-order valence-corrected chi connectivity index (χ1v) is 12.5. The number of hydrazone groups is 1. The van der Waals surface area contributed by atoms with Gasteiger partial charge in [-0.15, -0.1) is 0 Å². The maximum atomic E-state index is 12.3. The number of amides is 1. The van der Waals surface area contributed by atoms with Crippen molar-refractivity contribution >= 4 is 57.9 Å². The fourth-order valence-corrected chi connectivity index (χ4v) is 4.48. The smallest absolute Gasteiger partial charge is 0.244 e. The van der Waals surface area contributed by atoms with Gasteiger partial charge in [0.25, 0.3) is 0 Å². The highest BCUT2D eigenvalue weighted by atomic mass is 127. The Labute approximate surface area is 223 Å². The number of rotatable bonds is 9. The summed E-state index contributed by atoms with van der Waals surface area (Å²) in [5.41, 5.74) is 7.39. The Kier molecular flexibility index (Phi) is 9.62. The zero-order valence-electron chi connectivity index (χ0n) is 19.1.